The maximum Gasteiger partial charge on any atom is 0.287 e. The van der Waals surface area contributed by atoms with Crippen molar-refractivity contribution in [2.45, 2.75) is 16.7 Å². The Labute approximate surface area is 182 Å². The van der Waals surface area contributed by atoms with Crippen molar-refractivity contribution < 1.29 is 22.4 Å². The van der Waals surface area contributed by atoms with Gasteiger partial charge in [0.2, 0.25) is 0 Å². The number of furan rings is 1. The minimum atomic E-state index is -3.55. The highest BCUT2D eigenvalue weighted by Crippen LogP contribution is 2.27. The lowest BCUT2D eigenvalue weighted by Crippen LogP contribution is -2.34. The van der Waals surface area contributed by atoms with E-state index in [-0.39, 0.29) is 28.2 Å². The van der Waals surface area contributed by atoms with Crippen molar-refractivity contribution in [1.82, 2.24) is 10.2 Å². The summed E-state index contributed by atoms with van der Waals surface area (Å²) in [6.45, 7) is 0.324. The molecule has 3 rings (SSSR count). The molecular weight excluding hydrogens is 416 g/mol. The highest BCUT2D eigenvalue weighted by atomic mass is 32.2. The van der Waals surface area contributed by atoms with Gasteiger partial charge in [-0.05, 0) is 44.4 Å². The summed E-state index contributed by atoms with van der Waals surface area (Å²) in [5, 5.41) is 2.86. The van der Waals surface area contributed by atoms with Crippen molar-refractivity contribution in [2.24, 2.45) is 0 Å². The minimum Gasteiger partial charge on any atom is -0.496 e. The van der Waals surface area contributed by atoms with Crippen molar-refractivity contribution in [2.75, 3.05) is 27.7 Å². The molecule has 1 amide bonds. The maximum atomic E-state index is 12.6. The van der Waals surface area contributed by atoms with Gasteiger partial charge < -0.3 is 19.4 Å². The fourth-order valence-corrected chi connectivity index (χ4v) is 4.53. The van der Waals surface area contributed by atoms with Crippen LogP contribution in [0.4, 0.5) is 0 Å². The SMILES string of the molecule is COc1ccccc1C(CNC(=O)c1ccc(CS(=O)(=O)c2ccccc2)o1)N(C)C. The van der Waals surface area contributed by atoms with E-state index in [4.69, 9.17) is 9.15 Å². The second-order valence-electron chi connectivity index (χ2n) is 7.27. The first-order valence-electron chi connectivity index (χ1n) is 9.76. The summed E-state index contributed by atoms with van der Waals surface area (Å²) < 4.78 is 36.0. The predicted octanol–water partition coefficient (Wildman–Crippen LogP) is 3.29. The van der Waals surface area contributed by atoms with Gasteiger partial charge >= 0.3 is 0 Å². The van der Waals surface area contributed by atoms with Crippen molar-refractivity contribution in [3.63, 3.8) is 0 Å². The molecule has 164 valence electrons. The van der Waals surface area contributed by atoms with E-state index in [2.05, 4.69) is 5.32 Å². The predicted molar refractivity (Wildman–Crippen MR) is 118 cm³/mol. The number of nitrogens with one attached hydrogen (secondary N) is 1. The lowest BCUT2D eigenvalue weighted by Gasteiger charge is -2.26. The molecule has 0 aliphatic heterocycles. The van der Waals surface area contributed by atoms with Crippen LogP contribution >= 0.6 is 0 Å². The molecule has 1 N–H and O–H groups in total. The molecule has 0 saturated carbocycles. The fourth-order valence-electron chi connectivity index (χ4n) is 3.26. The summed E-state index contributed by atoms with van der Waals surface area (Å²) in [6, 6.07) is 18.7. The average Bonchev–Trinajstić information content (AvgIpc) is 3.22. The van der Waals surface area contributed by atoms with Gasteiger partial charge in [-0.2, -0.15) is 0 Å². The number of carbonyl (C=O) groups excluding carboxylic acids is 1. The van der Waals surface area contributed by atoms with Crippen LogP contribution < -0.4 is 10.1 Å². The van der Waals surface area contributed by atoms with Crippen LogP contribution in [0, 0.1) is 0 Å². The van der Waals surface area contributed by atoms with Crippen molar-refractivity contribution >= 4 is 15.7 Å². The smallest absolute Gasteiger partial charge is 0.287 e. The number of ether oxygens (including phenoxy) is 1. The molecular formula is C23H26N2O5S. The summed E-state index contributed by atoms with van der Waals surface area (Å²) in [4.78, 5) is 14.8. The number of rotatable bonds is 9. The van der Waals surface area contributed by atoms with E-state index in [0.29, 0.717) is 6.54 Å². The summed E-state index contributed by atoms with van der Waals surface area (Å²) in [5.41, 5.74) is 0.949. The molecule has 0 aliphatic carbocycles. The van der Waals surface area contributed by atoms with Crippen LogP contribution in [0.5, 0.6) is 5.75 Å². The third-order valence-electron chi connectivity index (χ3n) is 4.90. The quantitative estimate of drug-likeness (QED) is 0.547. The number of para-hydroxylation sites is 1. The number of benzene rings is 2. The lowest BCUT2D eigenvalue weighted by atomic mass is 10.0. The average molecular weight is 443 g/mol. The zero-order valence-corrected chi connectivity index (χ0v) is 18.6. The molecule has 0 radical (unpaired) electrons. The van der Waals surface area contributed by atoms with Gasteiger partial charge in [0.05, 0.1) is 18.0 Å². The lowest BCUT2D eigenvalue weighted by molar-refractivity contribution is 0.0912. The van der Waals surface area contributed by atoms with Crippen molar-refractivity contribution in [3.8, 4) is 5.75 Å². The number of nitrogens with zero attached hydrogens (tertiary/aromatic N) is 1. The fraction of sp³-hybridized carbons (Fsp3) is 0.261. The molecule has 0 saturated heterocycles. The van der Waals surface area contributed by atoms with Crippen LogP contribution in [0.25, 0.3) is 0 Å². The van der Waals surface area contributed by atoms with Crippen LogP contribution in [0.2, 0.25) is 0 Å². The van der Waals surface area contributed by atoms with E-state index >= 15 is 0 Å². The number of carbonyl (C=O) groups is 1. The first kappa shape index (κ1) is 22.6. The Hall–Kier alpha value is -3.10. The van der Waals surface area contributed by atoms with Crippen LogP contribution in [-0.4, -0.2) is 47.0 Å². The van der Waals surface area contributed by atoms with E-state index in [1.807, 2.05) is 43.3 Å². The van der Waals surface area contributed by atoms with Gasteiger partial charge in [-0.1, -0.05) is 36.4 Å². The molecule has 7 nitrogen and oxygen atoms in total. The molecule has 1 aromatic heterocycles. The number of sulfone groups is 1. The molecule has 1 unspecified atom stereocenters. The highest BCUT2D eigenvalue weighted by molar-refractivity contribution is 7.90. The van der Waals surface area contributed by atoms with E-state index in [1.54, 1.807) is 25.3 Å². The third kappa shape index (κ3) is 5.53. The van der Waals surface area contributed by atoms with Crippen LogP contribution in [-0.2, 0) is 15.6 Å². The van der Waals surface area contributed by atoms with Gasteiger partial charge in [-0.25, -0.2) is 8.42 Å². The Kier molecular flexibility index (Phi) is 7.14. The number of likely N-dealkylation sites (N-methyl/N-ethyl adjacent to an activating group) is 1. The molecule has 1 heterocycles. The number of hydrogen-bond acceptors (Lipinski definition) is 6. The molecule has 0 spiro atoms. The molecule has 3 aromatic rings. The molecule has 2 aromatic carbocycles. The minimum absolute atomic E-state index is 0.0656. The second-order valence-corrected chi connectivity index (χ2v) is 9.26. The Morgan fingerprint density at radius 1 is 1.03 bits per heavy atom. The molecule has 1 atom stereocenters. The van der Waals surface area contributed by atoms with E-state index in [1.165, 1.54) is 24.3 Å². The van der Waals surface area contributed by atoms with Crippen molar-refractivity contribution in [1.29, 1.82) is 0 Å². The summed E-state index contributed by atoms with van der Waals surface area (Å²) in [5.74, 6) is 0.289. The first-order valence-corrected chi connectivity index (χ1v) is 11.4. The summed E-state index contributed by atoms with van der Waals surface area (Å²) in [6.07, 6.45) is 0. The molecule has 0 fully saturated rings. The molecule has 0 aliphatic rings. The van der Waals surface area contributed by atoms with Gasteiger partial charge in [0.25, 0.3) is 5.91 Å². The maximum absolute atomic E-state index is 12.6. The second kappa shape index (κ2) is 9.80. The first-order chi connectivity index (χ1) is 14.8. The standard InChI is InChI=1S/C23H26N2O5S/c1-25(2)20(19-11-7-8-12-21(19)29-3)15-24-23(26)22-14-13-17(30-22)16-31(27,28)18-9-5-4-6-10-18/h4-14,20H,15-16H2,1-3H3,(H,24,26). The number of methoxy groups -OCH3 is 1. The largest absolute Gasteiger partial charge is 0.496 e. The van der Waals surface area contributed by atoms with Crippen LogP contribution in [0.1, 0.15) is 27.9 Å². The monoisotopic (exact) mass is 442 g/mol. The Bertz CT molecular complexity index is 1120. The summed E-state index contributed by atoms with van der Waals surface area (Å²) >= 11 is 0. The zero-order chi connectivity index (χ0) is 22.4. The normalized spacial score (nSPS) is 12.5. The van der Waals surface area contributed by atoms with Gasteiger partial charge in [-0.3, -0.25) is 4.79 Å². The molecule has 31 heavy (non-hydrogen) atoms. The highest BCUT2D eigenvalue weighted by Gasteiger charge is 2.22. The molecule has 8 heteroatoms. The van der Waals surface area contributed by atoms with E-state index in [0.717, 1.165) is 11.3 Å². The zero-order valence-electron chi connectivity index (χ0n) is 17.7. The van der Waals surface area contributed by atoms with Gasteiger partial charge in [0.15, 0.2) is 15.6 Å². The Morgan fingerprint density at radius 2 is 1.71 bits per heavy atom. The van der Waals surface area contributed by atoms with Crippen LogP contribution in [0.3, 0.4) is 0 Å². The van der Waals surface area contributed by atoms with Gasteiger partial charge in [0.1, 0.15) is 17.3 Å². The Balaban J connectivity index is 1.68. The topological polar surface area (TPSA) is 88.8 Å². The van der Waals surface area contributed by atoms with E-state index < -0.39 is 15.7 Å². The van der Waals surface area contributed by atoms with Gasteiger partial charge in [-0.15, -0.1) is 0 Å². The number of amides is 1. The van der Waals surface area contributed by atoms with Gasteiger partial charge in [0, 0.05) is 12.1 Å². The van der Waals surface area contributed by atoms with Crippen LogP contribution in [0.15, 0.2) is 76.0 Å². The third-order valence-corrected chi connectivity index (χ3v) is 6.55. The Morgan fingerprint density at radius 3 is 2.39 bits per heavy atom. The van der Waals surface area contributed by atoms with E-state index in [9.17, 15) is 13.2 Å². The summed E-state index contributed by atoms with van der Waals surface area (Å²) in [7, 11) is 1.90. The molecule has 0 bridgehead atoms. The van der Waals surface area contributed by atoms with Crippen molar-refractivity contribution in [3.05, 3.63) is 83.8 Å². The number of hydrogen-bond donors (Lipinski definition) is 1.